The summed E-state index contributed by atoms with van der Waals surface area (Å²) in [5.41, 5.74) is 22.2. The van der Waals surface area contributed by atoms with Gasteiger partial charge in [0, 0.05) is 16.9 Å². The van der Waals surface area contributed by atoms with Crippen LogP contribution in [0.5, 0.6) is 0 Å². The number of nitrogens with zero attached hydrogens (tertiary/aromatic N) is 1. The largest absolute Gasteiger partial charge is 0.310 e. The van der Waals surface area contributed by atoms with E-state index in [-0.39, 0.29) is 0 Å². The highest BCUT2D eigenvalue weighted by Crippen LogP contribution is 2.49. The van der Waals surface area contributed by atoms with Gasteiger partial charge in [0.1, 0.15) is 0 Å². The van der Waals surface area contributed by atoms with Gasteiger partial charge in [-0.05, 0) is 147 Å². The fourth-order valence-corrected chi connectivity index (χ4v) is 11.1. The highest BCUT2D eigenvalue weighted by atomic mass is 15.1. The van der Waals surface area contributed by atoms with Crippen molar-refractivity contribution in [3.8, 4) is 89.0 Å². The van der Waals surface area contributed by atoms with Crippen molar-refractivity contribution in [2.75, 3.05) is 4.90 Å². The van der Waals surface area contributed by atoms with Gasteiger partial charge in [-0.1, -0.05) is 267 Å². The van der Waals surface area contributed by atoms with Gasteiger partial charge in [0.2, 0.25) is 0 Å². The molecule has 13 aromatic rings. The molecule has 0 saturated carbocycles. The molecule has 0 aromatic heterocycles. The zero-order valence-electron chi connectivity index (χ0n) is 41.4. The molecule has 0 aliphatic rings. The van der Waals surface area contributed by atoms with Gasteiger partial charge >= 0.3 is 0 Å². The molecule has 0 heterocycles. The van der Waals surface area contributed by atoms with E-state index in [4.69, 9.17) is 0 Å². The van der Waals surface area contributed by atoms with Crippen LogP contribution in [0.3, 0.4) is 0 Å². The van der Waals surface area contributed by atoms with E-state index in [0.717, 1.165) is 39.3 Å². The SMILES string of the molecule is c1ccc(-c2ccc(-c3ccc(N(c4ccc(-c5cccc6c5c(-c5ccccc5)c(-c5ccccc5)c5ccccc56)cc4)c4ccc(-c5ccccc5)cc4-c4ccccc4)cc3)c(-c3ccccc3)c2)cc1. The molecular formula is C74H51N. The summed E-state index contributed by atoms with van der Waals surface area (Å²) in [6, 6.07) is 113. The van der Waals surface area contributed by atoms with Gasteiger partial charge in [0.05, 0.1) is 5.69 Å². The molecule has 0 radical (unpaired) electrons. The molecule has 1 nitrogen and oxygen atoms in total. The van der Waals surface area contributed by atoms with Gasteiger partial charge in [-0.3, -0.25) is 0 Å². The average Bonchev–Trinajstić information content (AvgIpc) is 3.50. The van der Waals surface area contributed by atoms with Crippen LogP contribution in [0.25, 0.3) is 111 Å². The van der Waals surface area contributed by atoms with Gasteiger partial charge in [-0.15, -0.1) is 0 Å². The van der Waals surface area contributed by atoms with E-state index in [1.807, 2.05) is 0 Å². The Hall–Kier alpha value is -9.82. The zero-order chi connectivity index (χ0) is 49.9. The molecule has 0 amide bonds. The monoisotopic (exact) mass is 953 g/mol. The third kappa shape index (κ3) is 8.67. The number of hydrogen-bond donors (Lipinski definition) is 0. The van der Waals surface area contributed by atoms with Crippen molar-refractivity contribution in [1.82, 2.24) is 0 Å². The summed E-state index contributed by atoms with van der Waals surface area (Å²) in [5.74, 6) is 0. The number of anilines is 3. The maximum atomic E-state index is 2.43. The zero-order valence-corrected chi connectivity index (χ0v) is 41.4. The molecule has 0 saturated heterocycles. The first-order valence-corrected chi connectivity index (χ1v) is 25.8. The van der Waals surface area contributed by atoms with Gasteiger partial charge < -0.3 is 4.90 Å². The van der Waals surface area contributed by atoms with Crippen molar-refractivity contribution in [3.05, 3.63) is 309 Å². The molecule has 13 rings (SSSR count). The molecule has 1 heteroatoms. The van der Waals surface area contributed by atoms with Gasteiger partial charge in [0.15, 0.2) is 0 Å². The van der Waals surface area contributed by atoms with Crippen LogP contribution in [0.4, 0.5) is 17.1 Å². The van der Waals surface area contributed by atoms with E-state index in [2.05, 4.69) is 314 Å². The molecule has 0 unspecified atom stereocenters. The van der Waals surface area contributed by atoms with Crippen LogP contribution < -0.4 is 4.90 Å². The van der Waals surface area contributed by atoms with E-state index in [9.17, 15) is 0 Å². The smallest absolute Gasteiger partial charge is 0.0540 e. The van der Waals surface area contributed by atoms with Crippen molar-refractivity contribution in [3.63, 3.8) is 0 Å². The Labute approximate surface area is 439 Å². The second kappa shape index (κ2) is 20.0. The molecule has 75 heavy (non-hydrogen) atoms. The minimum Gasteiger partial charge on any atom is -0.310 e. The Morgan fingerprint density at radius 2 is 0.560 bits per heavy atom. The molecule has 352 valence electrons. The van der Waals surface area contributed by atoms with Crippen molar-refractivity contribution >= 4 is 38.6 Å². The Bertz CT molecular complexity index is 4100. The predicted molar refractivity (Wildman–Crippen MR) is 320 cm³/mol. The third-order valence-corrected chi connectivity index (χ3v) is 14.7. The minimum absolute atomic E-state index is 1.06. The maximum absolute atomic E-state index is 2.43. The Morgan fingerprint density at radius 3 is 1.09 bits per heavy atom. The first-order valence-electron chi connectivity index (χ1n) is 25.8. The summed E-state index contributed by atoms with van der Waals surface area (Å²) in [4.78, 5) is 2.43. The lowest BCUT2D eigenvalue weighted by molar-refractivity contribution is 1.28. The number of rotatable bonds is 11. The van der Waals surface area contributed by atoms with Gasteiger partial charge in [-0.25, -0.2) is 0 Å². The second-order valence-electron chi connectivity index (χ2n) is 19.1. The minimum atomic E-state index is 1.06. The Balaban J connectivity index is 0.991. The highest BCUT2D eigenvalue weighted by Gasteiger charge is 2.23. The highest BCUT2D eigenvalue weighted by molar-refractivity contribution is 6.25. The molecule has 0 atom stereocenters. The average molecular weight is 954 g/mol. The fourth-order valence-electron chi connectivity index (χ4n) is 11.1. The summed E-state index contributed by atoms with van der Waals surface area (Å²) in [6.45, 7) is 0. The van der Waals surface area contributed by atoms with Gasteiger partial charge in [0.25, 0.3) is 0 Å². The standard InChI is InChI=1S/C74H51N/c1-7-22-52(23-8-1)60-42-48-64(69(50-60)54-26-11-3-12-27-54)56-38-44-62(45-39-56)75(71-49-43-61(53-24-9-2-10-25-53)51-70(71)55-28-13-4-14-29-55)63-46-40-57(41-47-63)65-36-21-37-68-66-34-19-20-35-67(66)72(58-30-15-5-16-31-58)73(74(65)68)59-32-17-6-18-33-59/h1-51H. The lowest BCUT2D eigenvalue weighted by Crippen LogP contribution is -2.11. The first kappa shape index (κ1) is 45.1. The van der Waals surface area contributed by atoms with Crippen LogP contribution in [-0.2, 0) is 0 Å². The molecule has 0 bridgehead atoms. The van der Waals surface area contributed by atoms with Crippen LogP contribution in [-0.4, -0.2) is 0 Å². The summed E-state index contributed by atoms with van der Waals surface area (Å²) in [7, 11) is 0. The predicted octanol–water partition coefficient (Wildman–Crippen LogP) is 20.8. The van der Waals surface area contributed by atoms with Crippen LogP contribution in [0, 0.1) is 0 Å². The third-order valence-electron chi connectivity index (χ3n) is 14.7. The van der Waals surface area contributed by atoms with Crippen LogP contribution in [0.15, 0.2) is 309 Å². The molecule has 13 aromatic carbocycles. The summed E-state index contributed by atoms with van der Waals surface area (Å²) in [5, 5.41) is 4.98. The van der Waals surface area contributed by atoms with E-state index in [0.29, 0.717) is 0 Å². The molecule has 0 fully saturated rings. The number of benzene rings is 13. The summed E-state index contributed by atoms with van der Waals surface area (Å²) >= 11 is 0. The molecular weight excluding hydrogens is 903 g/mol. The topological polar surface area (TPSA) is 3.24 Å². The number of fused-ring (bicyclic) bond motifs is 3. The van der Waals surface area contributed by atoms with E-state index in [1.54, 1.807) is 0 Å². The van der Waals surface area contributed by atoms with Crippen LogP contribution in [0.1, 0.15) is 0 Å². The van der Waals surface area contributed by atoms with Crippen LogP contribution >= 0.6 is 0 Å². The molecule has 0 N–H and O–H groups in total. The van der Waals surface area contributed by atoms with E-state index in [1.165, 1.54) is 88.3 Å². The molecule has 0 aliphatic heterocycles. The Morgan fingerprint density at radius 1 is 0.187 bits per heavy atom. The first-order chi connectivity index (χ1) is 37.2. The van der Waals surface area contributed by atoms with Crippen molar-refractivity contribution in [2.24, 2.45) is 0 Å². The van der Waals surface area contributed by atoms with E-state index >= 15 is 0 Å². The lowest BCUT2D eigenvalue weighted by Gasteiger charge is -2.29. The number of hydrogen-bond acceptors (Lipinski definition) is 1. The quantitative estimate of drug-likeness (QED) is 0.117. The van der Waals surface area contributed by atoms with Crippen molar-refractivity contribution < 1.29 is 0 Å². The fraction of sp³-hybridized carbons (Fsp3) is 0. The second-order valence-corrected chi connectivity index (χ2v) is 19.1. The Kier molecular flexibility index (Phi) is 12.0. The molecule has 0 spiro atoms. The summed E-state index contributed by atoms with van der Waals surface area (Å²) < 4.78 is 0. The van der Waals surface area contributed by atoms with E-state index < -0.39 is 0 Å². The van der Waals surface area contributed by atoms with Crippen molar-refractivity contribution in [1.29, 1.82) is 0 Å². The lowest BCUT2D eigenvalue weighted by atomic mass is 9.82. The normalized spacial score (nSPS) is 11.2. The molecule has 0 aliphatic carbocycles. The maximum Gasteiger partial charge on any atom is 0.0540 e. The van der Waals surface area contributed by atoms with Crippen LogP contribution in [0.2, 0.25) is 0 Å². The summed E-state index contributed by atoms with van der Waals surface area (Å²) in [6.07, 6.45) is 0. The van der Waals surface area contributed by atoms with Crippen molar-refractivity contribution in [2.45, 2.75) is 0 Å². The van der Waals surface area contributed by atoms with Gasteiger partial charge in [-0.2, -0.15) is 0 Å².